The van der Waals surface area contributed by atoms with E-state index in [0.717, 1.165) is 38.7 Å². The molecule has 0 bridgehead atoms. The molecule has 2 aromatic carbocycles. The Hall–Kier alpha value is -3.51. The maximum atomic E-state index is 5.74. The minimum Gasteiger partial charge on any atom is -0.423 e. The van der Waals surface area contributed by atoms with Crippen molar-refractivity contribution in [3.8, 4) is 22.0 Å². The molecule has 0 aliphatic rings. The van der Waals surface area contributed by atoms with Crippen LogP contribution >= 0.6 is 11.3 Å². The molecule has 27 heavy (non-hydrogen) atoms. The average molecular weight is 370 g/mol. The minimum atomic E-state index is 0.473. The van der Waals surface area contributed by atoms with E-state index in [-0.39, 0.29) is 0 Å². The van der Waals surface area contributed by atoms with E-state index in [0.29, 0.717) is 6.01 Å². The van der Waals surface area contributed by atoms with Crippen molar-refractivity contribution in [2.45, 2.75) is 0 Å². The molecule has 0 aliphatic carbocycles. The molecule has 5 aromatic rings. The number of hydrogen-bond acceptors (Lipinski definition) is 6. The van der Waals surface area contributed by atoms with Crippen molar-refractivity contribution in [1.82, 2.24) is 15.0 Å². The SMILES string of the molecule is c1ccc(-c2nc(-c3cccc(Nc4nc5ccccc5o4)c3)cs2)nc1. The topological polar surface area (TPSA) is 63.8 Å². The number of anilines is 2. The fourth-order valence-corrected chi connectivity index (χ4v) is 3.62. The number of rotatable bonds is 4. The number of pyridine rings is 1. The Kier molecular flexibility index (Phi) is 3.88. The summed E-state index contributed by atoms with van der Waals surface area (Å²) < 4.78 is 5.74. The van der Waals surface area contributed by atoms with E-state index in [9.17, 15) is 0 Å². The van der Waals surface area contributed by atoms with Crippen LogP contribution in [0.1, 0.15) is 0 Å². The summed E-state index contributed by atoms with van der Waals surface area (Å²) in [4.78, 5) is 13.5. The number of nitrogens with one attached hydrogen (secondary N) is 1. The molecule has 130 valence electrons. The third kappa shape index (κ3) is 3.18. The van der Waals surface area contributed by atoms with Crippen LogP contribution in [-0.4, -0.2) is 15.0 Å². The van der Waals surface area contributed by atoms with Crippen LogP contribution in [0.25, 0.3) is 33.1 Å². The molecule has 5 rings (SSSR count). The standard InChI is InChI=1S/C21H14N4OS/c1-2-10-19-16(8-1)25-21(26-19)23-15-7-5-6-14(12-15)18-13-27-20(24-18)17-9-3-4-11-22-17/h1-13H,(H,23,25). The molecule has 0 radical (unpaired) electrons. The van der Waals surface area contributed by atoms with Crippen molar-refractivity contribution < 1.29 is 4.42 Å². The summed E-state index contributed by atoms with van der Waals surface area (Å²) in [6.45, 7) is 0. The lowest BCUT2D eigenvalue weighted by Gasteiger charge is -2.03. The first-order valence-corrected chi connectivity index (χ1v) is 9.33. The lowest BCUT2D eigenvalue weighted by molar-refractivity contribution is 0.623. The zero-order valence-electron chi connectivity index (χ0n) is 14.2. The Morgan fingerprint density at radius 3 is 2.67 bits per heavy atom. The molecule has 0 saturated carbocycles. The molecule has 0 amide bonds. The highest BCUT2D eigenvalue weighted by atomic mass is 32.1. The van der Waals surface area contributed by atoms with Gasteiger partial charge in [-0.3, -0.25) is 4.98 Å². The van der Waals surface area contributed by atoms with Crippen LogP contribution < -0.4 is 5.32 Å². The van der Waals surface area contributed by atoms with Crippen LogP contribution in [0.15, 0.2) is 82.7 Å². The second-order valence-electron chi connectivity index (χ2n) is 5.95. The number of benzene rings is 2. The Morgan fingerprint density at radius 2 is 1.78 bits per heavy atom. The number of fused-ring (bicyclic) bond motifs is 1. The maximum absolute atomic E-state index is 5.74. The number of aromatic nitrogens is 3. The zero-order valence-corrected chi connectivity index (χ0v) is 15.0. The summed E-state index contributed by atoms with van der Waals surface area (Å²) in [5.74, 6) is 0. The van der Waals surface area contributed by atoms with Gasteiger partial charge < -0.3 is 9.73 Å². The maximum Gasteiger partial charge on any atom is 0.300 e. The second kappa shape index (κ2) is 6.66. The highest BCUT2D eigenvalue weighted by Gasteiger charge is 2.09. The molecule has 6 heteroatoms. The molecule has 5 nitrogen and oxygen atoms in total. The Balaban J connectivity index is 1.43. The van der Waals surface area contributed by atoms with Crippen molar-refractivity contribution in [3.05, 3.63) is 78.3 Å². The highest BCUT2D eigenvalue weighted by Crippen LogP contribution is 2.30. The first-order chi connectivity index (χ1) is 13.3. The Bertz CT molecular complexity index is 1180. The van der Waals surface area contributed by atoms with Gasteiger partial charge >= 0.3 is 0 Å². The van der Waals surface area contributed by atoms with Crippen molar-refractivity contribution in [3.63, 3.8) is 0 Å². The second-order valence-corrected chi connectivity index (χ2v) is 6.80. The zero-order chi connectivity index (χ0) is 18.1. The largest absolute Gasteiger partial charge is 0.423 e. The summed E-state index contributed by atoms with van der Waals surface area (Å²) in [6, 6.07) is 22.0. The molecule has 3 heterocycles. The van der Waals surface area contributed by atoms with Gasteiger partial charge in [-0.25, -0.2) is 4.98 Å². The van der Waals surface area contributed by atoms with Gasteiger partial charge in [-0.1, -0.05) is 30.3 Å². The van der Waals surface area contributed by atoms with E-state index in [4.69, 9.17) is 9.40 Å². The van der Waals surface area contributed by atoms with Crippen LogP contribution in [0, 0.1) is 0 Å². The fraction of sp³-hybridized carbons (Fsp3) is 0. The van der Waals surface area contributed by atoms with Crippen molar-refractivity contribution in [2.75, 3.05) is 5.32 Å². The van der Waals surface area contributed by atoms with Crippen LogP contribution in [0.2, 0.25) is 0 Å². The van der Waals surface area contributed by atoms with Gasteiger partial charge in [-0.15, -0.1) is 11.3 Å². The van der Waals surface area contributed by atoms with Gasteiger partial charge in [0.15, 0.2) is 5.58 Å². The van der Waals surface area contributed by atoms with Gasteiger partial charge in [-0.2, -0.15) is 4.98 Å². The van der Waals surface area contributed by atoms with E-state index in [1.54, 1.807) is 17.5 Å². The fourth-order valence-electron chi connectivity index (χ4n) is 2.82. The predicted molar refractivity (Wildman–Crippen MR) is 108 cm³/mol. The highest BCUT2D eigenvalue weighted by molar-refractivity contribution is 7.13. The first kappa shape index (κ1) is 15.7. The summed E-state index contributed by atoms with van der Waals surface area (Å²) >= 11 is 1.59. The van der Waals surface area contributed by atoms with Crippen LogP contribution in [-0.2, 0) is 0 Å². The Morgan fingerprint density at radius 1 is 0.852 bits per heavy atom. The molecular weight excluding hydrogens is 356 g/mol. The van der Waals surface area contributed by atoms with Gasteiger partial charge in [0, 0.05) is 22.8 Å². The molecular formula is C21H14N4OS. The predicted octanol–water partition coefficient (Wildman–Crippen LogP) is 5.76. The molecule has 0 spiro atoms. The number of thiazole rings is 1. The summed E-state index contributed by atoms with van der Waals surface area (Å²) in [5, 5.41) is 6.18. The van der Waals surface area contributed by atoms with E-state index >= 15 is 0 Å². The van der Waals surface area contributed by atoms with E-state index in [2.05, 4.69) is 15.3 Å². The summed E-state index contributed by atoms with van der Waals surface area (Å²) in [5.41, 5.74) is 5.31. The lowest BCUT2D eigenvalue weighted by atomic mass is 10.1. The van der Waals surface area contributed by atoms with Gasteiger partial charge in [-0.05, 0) is 36.4 Å². The lowest BCUT2D eigenvalue weighted by Crippen LogP contribution is -1.90. The molecule has 0 saturated heterocycles. The number of para-hydroxylation sites is 2. The molecule has 3 aromatic heterocycles. The third-order valence-electron chi connectivity index (χ3n) is 4.09. The monoisotopic (exact) mass is 370 g/mol. The third-order valence-corrected chi connectivity index (χ3v) is 4.96. The van der Waals surface area contributed by atoms with Gasteiger partial charge in [0.2, 0.25) is 0 Å². The van der Waals surface area contributed by atoms with Crippen molar-refractivity contribution in [1.29, 1.82) is 0 Å². The normalized spacial score (nSPS) is 11.0. The van der Waals surface area contributed by atoms with E-state index < -0.39 is 0 Å². The van der Waals surface area contributed by atoms with Crippen LogP contribution in [0.5, 0.6) is 0 Å². The number of nitrogens with zero attached hydrogens (tertiary/aromatic N) is 3. The summed E-state index contributed by atoms with van der Waals surface area (Å²) in [6.07, 6.45) is 1.78. The van der Waals surface area contributed by atoms with Crippen LogP contribution in [0.4, 0.5) is 11.7 Å². The number of hydrogen-bond donors (Lipinski definition) is 1. The molecule has 0 aliphatic heterocycles. The van der Waals surface area contributed by atoms with Gasteiger partial charge in [0.25, 0.3) is 6.01 Å². The van der Waals surface area contributed by atoms with Gasteiger partial charge in [0.05, 0.1) is 11.4 Å². The van der Waals surface area contributed by atoms with Crippen molar-refractivity contribution >= 4 is 34.1 Å². The molecule has 1 N–H and O–H groups in total. The molecule has 0 fully saturated rings. The Labute approximate surface area is 159 Å². The molecule has 0 atom stereocenters. The van der Waals surface area contributed by atoms with Crippen LogP contribution in [0.3, 0.4) is 0 Å². The molecule has 0 unspecified atom stereocenters. The summed E-state index contributed by atoms with van der Waals surface area (Å²) in [7, 11) is 0. The van der Waals surface area contributed by atoms with E-state index in [1.165, 1.54) is 0 Å². The van der Waals surface area contributed by atoms with E-state index in [1.807, 2.05) is 72.1 Å². The average Bonchev–Trinajstić information content (AvgIpc) is 3.36. The smallest absolute Gasteiger partial charge is 0.300 e. The van der Waals surface area contributed by atoms with Gasteiger partial charge in [0.1, 0.15) is 10.5 Å². The van der Waals surface area contributed by atoms with Crippen molar-refractivity contribution in [2.24, 2.45) is 0 Å². The quantitative estimate of drug-likeness (QED) is 0.436. The number of oxazole rings is 1. The first-order valence-electron chi connectivity index (χ1n) is 8.45. The minimum absolute atomic E-state index is 0.473.